The zero-order valence-electron chi connectivity index (χ0n) is 9.99. The Hall–Kier alpha value is -2.29. The van der Waals surface area contributed by atoms with E-state index in [1.165, 1.54) is 19.2 Å². The van der Waals surface area contributed by atoms with Gasteiger partial charge >= 0.3 is 12.1 Å². The lowest BCUT2D eigenvalue weighted by molar-refractivity contribution is -0.138. The second kappa shape index (κ2) is 6.59. The van der Waals surface area contributed by atoms with E-state index in [-0.39, 0.29) is 12.3 Å². The van der Waals surface area contributed by atoms with Gasteiger partial charge in [0.15, 0.2) is 0 Å². The van der Waals surface area contributed by atoms with Crippen LogP contribution < -0.4 is 0 Å². The van der Waals surface area contributed by atoms with E-state index in [0.717, 1.165) is 0 Å². The highest BCUT2D eigenvalue weighted by molar-refractivity contribution is 5.84. The van der Waals surface area contributed by atoms with Gasteiger partial charge in [0.1, 0.15) is 11.3 Å². The number of aromatic nitrogens is 1. The maximum Gasteiger partial charge on any atom is 0.424 e. The molecule has 0 fully saturated rings. The molecule has 6 heteroatoms. The molecule has 0 saturated heterocycles. The van der Waals surface area contributed by atoms with Crippen LogP contribution in [0, 0.1) is 11.8 Å². The number of carbonyl (C=O) groups is 1. The SMILES string of the molecule is CCOC(=O)/C=C(\C#Cc1ccccn1)C(F)(F)F. The lowest BCUT2D eigenvalue weighted by atomic mass is 10.2. The fourth-order valence-electron chi connectivity index (χ4n) is 1.06. The topological polar surface area (TPSA) is 39.2 Å². The van der Waals surface area contributed by atoms with Crippen LogP contribution in [-0.2, 0) is 9.53 Å². The minimum atomic E-state index is -4.71. The number of nitrogens with zero attached hydrogens (tertiary/aromatic N) is 1. The molecule has 0 saturated carbocycles. The molecule has 0 amide bonds. The number of hydrogen-bond donors (Lipinski definition) is 0. The molecule has 1 aromatic rings. The van der Waals surface area contributed by atoms with Gasteiger partial charge in [-0.25, -0.2) is 9.78 Å². The molecular formula is C13H10F3NO2. The second-order valence-corrected chi connectivity index (χ2v) is 3.27. The van der Waals surface area contributed by atoms with Crippen molar-refractivity contribution in [1.82, 2.24) is 4.98 Å². The Kier molecular flexibility index (Phi) is 5.12. The van der Waals surface area contributed by atoms with E-state index in [9.17, 15) is 18.0 Å². The average Bonchev–Trinajstić information content (AvgIpc) is 2.34. The number of carbonyl (C=O) groups excluding carboxylic acids is 1. The summed E-state index contributed by atoms with van der Waals surface area (Å²) in [4.78, 5) is 14.8. The first-order valence-electron chi connectivity index (χ1n) is 5.32. The van der Waals surface area contributed by atoms with Crippen LogP contribution in [0.25, 0.3) is 0 Å². The summed E-state index contributed by atoms with van der Waals surface area (Å²) < 4.78 is 42.3. The van der Waals surface area contributed by atoms with Crippen LogP contribution in [0.15, 0.2) is 36.0 Å². The van der Waals surface area contributed by atoms with Crippen LogP contribution in [0.4, 0.5) is 13.2 Å². The summed E-state index contributed by atoms with van der Waals surface area (Å²) >= 11 is 0. The fourth-order valence-corrected chi connectivity index (χ4v) is 1.06. The average molecular weight is 269 g/mol. The Morgan fingerprint density at radius 3 is 2.74 bits per heavy atom. The minimum Gasteiger partial charge on any atom is -0.463 e. The summed E-state index contributed by atoms with van der Waals surface area (Å²) in [6, 6.07) is 4.68. The van der Waals surface area contributed by atoms with E-state index in [4.69, 9.17) is 0 Å². The fraction of sp³-hybridized carbons (Fsp3) is 0.231. The molecule has 0 atom stereocenters. The summed E-state index contributed by atoms with van der Waals surface area (Å²) in [7, 11) is 0. The third kappa shape index (κ3) is 5.25. The number of pyridine rings is 1. The van der Waals surface area contributed by atoms with E-state index in [0.29, 0.717) is 6.08 Å². The van der Waals surface area contributed by atoms with Gasteiger partial charge in [-0.05, 0) is 25.0 Å². The number of allylic oxidation sites excluding steroid dienone is 1. The molecule has 0 spiro atoms. The van der Waals surface area contributed by atoms with Crippen LogP contribution in [0.1, 0.15) is 12.6 Å². The van der Waals surface area contributed by atoms with Crippen molar-refractivity contribution in [2.75, 3.05) is 6.61 Å². The van der Waals surface area contributed by atoms with Crippen LogP contribution >= 0.6 is 0 Å². The summed E-state index contributed by atoms with van der Waals surface area (Å²) in [5.41, 5.74) is -1.09. The third-order valence-corrected chi connectivity index (χ3v) is 1.84. The van der Waals surface area contributed by atoms with E-state index in [2.05, 4.69) is 15.6 Å². The number of hydrogen-bond acceptors (Lipinski definition) is 3. The quantitative estimate of drug-likeness (QED) is 0.470. The van der Waals surface area contributed by atoms with Crippen molar-refractivity contribution in [2.45, 2.75) is 13.1 Å². The van der Waals surface area contributed by atoms with Crippen molar-refractivity contribution in [1.29, 1.82) is 0 Å². The highest BCUT2D eigenvalue weighted by atomic mass is 19.4. The van der Waals surface area contributed by atoms with Crippen LogP contribution in [-0.4, -0.2) is 23.7 Å². The Morgan fingerprint density at radius 2 is 2.21 bits per heavy atom. The lowest BCUT2D eigenvalue weighted by Gasteiger charge is -2.04. The summed E-state index contributed by atoms with van der Waals surface area (Å²) in [6.07, 6.45) is -2.97. The largest absolute Gasteiger partial charge is 0.463 e. The van der Waals surface area contributed by atoms with Gasteiger partial charge in [0.2, 0.25) is 0 Å². The van der Waals surface area contributed by atoms with Gasteiger partial charge in [0.05, 0.1) is 6.61 Å². The Balaban J connectivity index is 3.01. The first-order valence-corrected chi connectivity index (χ1v) is 5.32. The standard InChI is InChI=1S/C13H10F3NO2/c1-2-19-12(18)9-10(13(14,15)16)6-7-11-5-3-4-8-17-11/h3-5,8-9H,2H2,1H3/b10-9+. The molecule has 100 valence electrons. The molecular weight excluding hydrogens is 259 g/mol. The van der Waals surface area contributed by atoms with Crippen molar-refractivity contribution >= 4 is 5.97 Å². The number of alkyl halides is 3. The lowest BCUT2D eigenvalue weighted by Crippen LogP contribution is -2.13. The summed E-state index contributed by atoms with van der Waals surface area (Å²) in [5.74, 6) is 3.05. The van der Waals surface area contributed by atoms with E-state index in [1.54, 1.807) is 12.1 Å². The van der Waals surface area contributed by atoms with Crippen molar-refractivity contribution in [3.05, 3.63) is 41.7 Å². The minimum absolute atomic E-state index is 0.00581. The molecule has 0 aromatic carbocycles. The highest BCUT2D eigenvalue weighted by Crippen LogP contribution is 2.25. The molecule has 19 heavy (non-hydrogen) atoms. The van der Waals surface area contributed by atoms with Gasteiger partial charge in [0, 0.05) is 12.3 Å². The predicted octanol–water partition coefficient (Wildman–Crippen LogP) is 2.48. The number of ether oxygens (including phenoxy) is 1. The molecule has 0 N–H and O–H groups in total. The van der Waals surface area contributed by atoms with Gasteiger partial charge in [-0.1, -0.05) is 12.0 Å². The van der Waals surface area contributed by atoms with E-state index >= 15 is 0 Å². The van der Waals surface area contributed by atoms with Gasteiger partial charge in [-0.3, -0.25) is 0 Å². The summed E-state index contributed by atoms with van der Waals surface area (Å²) in [5, 5.41) is 0. The number of esters is 1. The molecule has 0 radical (unpaired) electrons. The van der Waals surface area contributed by atoms with Crippen molar-refractivity contribution in [3.63, 3.8) is 0 Å². The highest BCUT2D eigenvalue weighted by Gasteiger charge is 2.33. The molecule has 0 bridgehead atoms. The van der Waals surface area contributed by atoms with Crippen molar-refractivity contribution < 1.29 is 22.7 Å². The number of halogens is 3. The van der Waals surface area contributed by atoms with E-state index in [1.807, 2.05) is 5.92 Å². The first kappa shape index (κ1) is 14.8. The monoisotopic (exact) mass is 269 g/mol. The Morgan fingerprint density at radius 1 is 1.47 bits per heavy atom. The number of rotatable bonds is 2. The molecule has 0 unspecified atom stereocenters. The van der Waals surface area contributed by atoms with Crippen LogP contribution in [0.2, 0.25) is 0 Å². The molecule has 1 aromatic heterocycles. The van der Waals surface area contributed by atoms with E-state index < -0.39 is 17.7 Å². The van der Waals surface area contributed by atoms with Crippen LogP contribution in [0.3, 0.4) is 0 Å². The molecule has 0 aliphatic rings. The first-order chi connectivity index (χ1) is 8.93. The Bertz CT molecular complexity index is 524. The molecule has 1 rings (SSSR count). The van der Waals surface area contributed by atoms with Crippen molar-refractivity contribution in [2.24, 2.45) is 0 Å². The smallest absolute Gasteiger partial charge is 0.424 e. The van der Waals surface area contributed by atoms with Crippen LogP contribution in [0.5, 0.6) is 0 Å². The zero-order chi connectivity index (χ0) is 14.3. The maximum absolute atomic E-state index is 12.6. The van der Waals surface area contributed by atoms with Gasteiger partial charge < -0.3 is 4.74 Å². The molecule has 1 heterocycles. The van der Waals surface area contributed by atoms with Gasteiger partial charge in [0.25, 0.3) is 0 Å². The Labute approximate surface area is 108 Å². The van der Waals surface area contributed by atoms with Gasteiger partial charge in [-0.2, -0.15) is 13.2 Å². The normalized spacial score (nSPS) is 11.5. The second-order valence-electron chi connectivity index (χ2n) is 3.27. The predicted molar refractivity (Wildman–Crippen MR) is 61.9 cm³/mol. The molecule has 3 nitrogen and oxygen atoms in total. The maximum atomic E-state index is 12.6. The summed E-state index contributed by atoms with van der Waals surface area (Å²) in [6.45, 7) is 1.49. The van der Waals surface area contributed by atoms with Gasteiger partial charge in [-0.15, -0.1) is 0 Å². The molecule has 0 aliphatic carbocycles. The zero-order valence-corrected chi connectivity index (χ0v) is 9.99. The molecule has 0 aliphatic heterocycles. The van der Waals surface area contributed by atoms with Crippen molar-refractivity contribution in [3.8, 4) is 11.8 Å². The third-order valence-electron chi connectivity index (χ3n) is 1.84.